The van der Waals surface area contributed by atoms with Gasteiger partial charge >= 0.3 is 0 Å². The number of rotatable bonds is 4. The zero-order valence-electron chi connectivity index (χ0n) is 10.0. The van der Waals surface area contributed by atoms with E-state index >= 15 is 0 Å². The minimum absolute atomic E-state index is 0.131. The highest BCUT2D eigenvalue weighted by atomic mass is 32.1. The molecule has 4 nitrogen and oxygen atoms in total. The van der Waals surface area contributed by atoms with Gasteiger partial charge in [0.25, 0.3) is 5.91 Å². The Morgan fingerprint density at radius 3 is 2.84 bits per heavy atom. The number of hydrogen-bond acceptors (Lipinski definition) is 4. The second-order valence-electron chi connectivity index (χ2n) is 3.82. The van der Waals surface area contributed by atoms with Crippen molar-refractivity contribution < 1.29 is 9.90 Å². The van der Waals surface area contributed by atoms with E-state index in [0.717, 1.165) is 5.56 Å². The quantitative estimate of drug-likeness (QED) is 0.831. The molecule has 1 amide bonds. The Labute approximate surface area is 115 Å². The van der Waals surface area contributed by atoms with Gasteiger partial charge in [-0.2, -0.15) is 0 Å². The maximum Gasteiger partial charge on any atom is 0.270 e. The number of aliphatic hydroxyl groups is 1. The van der Waals surface area contributed by atoms with Crippen LogP contribution in [0.1, 0.15) is 27.2 Å². The average molecular weight is 272 g/mol. The molecular formula is C14H12N2O2S. The Balaban J connectivity index is 1.92. The molecule has 0 fully saturated rings. The van der Waals surface area contributed by atoms with Gasteiger partial charge in [0.2, 0.25) is 0 Å². The van der Waals surface area contributed by atoms with Crippen LogP contribution in [-0.2, 0) is 0 Å². The predicted octanol–water partition coefficient (Wildman–Crippen LogP) is 1.59. The molecule has 19 heavy (non-hydrogen) atoms. The lowest BCUT2D eigenvalue weighted by atomic mass is 10.1. The van der Waals surface area contributed by atoms with E-state index in [1.807, 2.05) is 18.2 Å². The minimum atomic E-state index is -0.740. The average Bonchev–Trinajstić information content (AvgIpc) is 2.94. The monoisotopic (exact) mass is 272 g/mol. The number of nitrogens with zero attached hydrogens (tertiary/aromatic N) is 1. The zero-order valence-corrected chi connectivity index (χ0v) is 10.9. The van der Waals surface area contributed by atoms with E-state index in [1.54, 1.807) is 17.5 Å². The van der Waals surface area contributed by atoms with Gasteiger partial charge in [0.15, 0.2) is 5.01 Å². The first-order valence-corrected chi connectivity index (χ1v) is 6.52. The third kappa shape index (κ3) is 3.41. The van der Waals surface area contributed by atoms with Crippen molar-refractivity contribution in [3.63, 3.8) is 0 Å². The van der Waals surface area contributed by atoms with Crippen LogP contribution in [0.2, 0.25) is 0 Å². The van der Waals surface area contributed by atoms with Crippen molar-refractivity contribution in [3.05, 3.63) is 52.0 Å². The summed E-state index contributed by atoms with van der Waals surface area (Å²) in [6.45, 7) is 0.131. The lowest BCUT2D eigenvalue weighted by Gasteiger charge is -2.11. The molecule has 2 N–H and O–H groups in total. The number of amides is 1. The Morgan fingerprint density at radius 1 is 1.47 bits per heavy atom. The molecule has 0 radical (unpaired) electrons. The smallest absolute Gasteiger partial charge is 0.270 e. The van der Waals surface area contributed by atoms with Crippen molar-refractivity contribution in [2.45, 2.75) is 6.10 Å². The van der Waals surface area contributed by atoms with Crippen LogP contribution in [0.3, 0.4) is 0 Å². The van der Waals surface area contributed by atoms with E-state index < -0.39 is 6.10 Å². The van der Waals surface area contributed by atoms with Gasteiger partial charge < -0.3 is 10.4 Å². The van der Waals surface area contributed by atoms with E-state index in [4.69, 9.17) is 6.42 Å². The molecule has 0 spiro atoms. The first kappa shape index (κ1) is 13.3. The summed E-state index contributed by atoms with van der Waals surface area (Å²) >= 11 is 1.24. The van der Waals surface area contributed by atoms with Crippen LogP contribution in [0.4, 0.5) is 0 Å². The Kier molecular flexibility index (Phi) is 4.29. The molecule has 1 unspecified atom stereocenters. The molecule has 1 aromatic heterocycles. The van der Waals surface area contributed by atoms with Crippen molar-refractivity contribution in [1.29, 1.82) is 0 Å². The highest BCUT2D eigenvalue weighted by Gasteiger charge is 2.12. The fourth-order valence-corrected chi connectivity index (χ4v) is 2.12. The molecule has 0 saturated carbocycles. The molecule has 1 aromatic carbocycles. The molecule has 1 heterocycles. The first-order valence-electron chi connectivity index (χ1n) is 5.64. The molecule has 0 aliphatic heterocycles. The standard InChI is InChI=1S/C14H12N2O2S/c1-2-13-16-11(9-19-13)14(18)15-8-12(17)10-6-4-3-5-7-10/h1,3-7,9,12,17H,8H2,(H,15,18). The number of carbonyl (C=O) groups is 1. The van der Waals surface area contributed by atoms with E-state index in [1.165, 1.54) is 11.3 Å². The van der Waals surface area contributed by atoms with E-state index in [0.29, 0.717) is 5.01 Å². The molecule has 0 saturated heterocycles. The fourth-order valence-electron chi connectivity index (χ4n) is 1.52. The van der Waals surface area contributed by atoms with Gasteiger partial charge in [-0.3, -0.25) is 4.79 Å². The van der Waals surface area contributed by atoms with Gasteiger partial charge in [-0.1, -0.05) is 30.3 Å². The predicted molar refractivity (Wildman–Crippen MR) is 73.8 cm³/mol. The van der Waals surface area contributed by atoms with Crippen LogP contribution in [0.15, 0.2) is 35.7 Å². The number of hydrogen-bond donors (Lipinski definition) is 2. The summed E-state index contributed by atoms with van der Waals surface area (Å²) < 4.78 is 0. The van der Waals surface area contributed by atoms with Gasteiger partial charge in [-0.05, 0) is 11.5 Å². The maximum atomic E-state index is 11.8. The van der Waals surface area contributed by atoms with Crippen LogP contribution < -0.4 is 5.32 Å². The van der Waals surface area contributed by atoms with Crippen LogP contribution in [0.25, 0.3) is 0 Å². The summed E-state index contributed by atoms with van der Waals surface area (Å²) in [6.07, 6.45) is 4.45. The Bertz CT molecular complexity index is 601. The van der Waals surface area contributed by atoms with Gasteiger partial charge in [-0.25, -0.2) is 4.98 Å². The molecule has 96 valence electrons. The second-order valence-corrected chi connectivity index (χ2v) is 4.68. The Morgan fingerprint density at radius 2 is 2.21 bits per heavy atom. The Hall–Kier alpha value is -2.16. The third-order valence-corrected chi connectivity index (χ3v) is 3.27. The van der Waals surface area contributed by atoms with Crippen molar-refractivity contribution in [2.75, 3.05) is 6.54 Å². The number of aliphatic hydroxyl groups excluding tert-OH is 1. The minimum Gasteiger partial charge on any atom is -0.387 e. The molecular weight excluding hydrogens is 260 g/mol. The topological polar surface area (TPSA) is 62.2 Å². The van der Waals surface area contributed by atoms with Crippen molar-refractivity contribution in [2.24, 2.45) is 0 Å². The SMILES string of the molecule is C#Cc1nc(C(=O)NCC(O)c2ccccc2)cs1. The van der Waals surface area contributed by atoms with E-state index in [-0.39, 0.29) is 18.1 Å². The maximum absolute atomic E-state index is 11.8. The summed E-state index contributed by atoms with van der Waals surface area (Å²) in [5, 5.41) is 14.6. The number of benzene rings is 1. The van der Waals surface area contributed by atoms with Gasteiger partial charge in [-0.15, -0.1) is 17.8 Å². The number of carbonyl (C=O) groups excluding carboxylic acids is 1. The molecule has 2 rings (SSSR count). The normalized spacial score (nSPS) is 11.6. The highest BCUT2D eigenvalue weighted by molar-refractivity contribution is 7.10. The summed E-state index contributed by atoms with van der Waals surface area (Å²) in [4.78, 5) is 15.7. The molecule has 2 aromatic rings. The van der Waals surface area contributed by atoms with Crippen molar-refractivity contribution >= 4 is 17.2 Å². The van der Waals surface area contributed by atoms with E-state index in [9.17, 15) is 9.90 Å². The molecule has 0 bridgehead atoms. The number of aromatic nitrogens is 1. The lowest BCUT2D eigenvalue weighted by molar-refractivity contribution is 0.0912. The van der Waals surface area contributed by atoms with Gasteiger partial charge in [0.1, 0.15) is 5.69 Å². The highest BCUT2D eigenvalue weighted by Crippen LogP contribution is 2.11. The summed E-state index contributed by atoms with van der Waals surface area (Å²) in [5.74, 6) is 2.03. The van der Waals surface area contributed by atoms with Gasteiger partial charge in [0.05, 0.1) is 6.10 Å². The number of terminal acetylenes is 1. The zero-order chi connectivity index (χ0) is 13.7. The van der Waals surface area contributed by atoms with Crippen LogP contribution >= 0.6 is 11.3 Å². The number of nitrogens with one attached hydrogen (secondary N) is 1. The molecule has 1 atom stereocenters. The number of thiazole rings is 1. The van der Waals surface area contributed by atoms with E-state index in [2.05, 4.69) is 16.2 Å². The third-order valence-electron chi connectivity index (χ3n) is 2.50. The molecule has 0 aliphatic rings. The summed E-state index contributed by atoms with van der Waals surface area (Å²) in [5.41, 5.74) is 1.03. The summed E-state index contributed by atoms with van der Waals surface area (Å²) in [7, 11) is 0. The lowest BCUT2D eigenvalue weighted by Crippen LogP contribution is -2.28. The molecule has 5 heteroatoms. The second kappa shape index (κ2) is 6.14. The summed E-state index contributed by atoms with van der Waals surface area (Å²) in [6, 6.07) is 9.14. The van der Waals surface area contributed by atoms with Crippen LogP contribution in [0.5, 0.6) is 0 Å². The van der Waals surface area contributed by atoms with Crippen LogP contribution in [0, 0.1) is 12.3 Å². The van der Waals surface area contributed by atoms with Crippen LogP contribution in [-0.4, -0.2) is 22.5 Å². The molecule has 0 aliphatic carbocycles. The van der Waals surface area contributed by atoms with Crippen molar-refractivity contribution in [1.82, 2.24) is 10.3 Å². The van der Waals surface area contributed by atoms with Gasteiger partial charge in [0, 0.05) is 11.9 Å². The first-order chi connectivity index (χ1) is 9.20. The fraction of sp³-hybridized carbons (Fsp3) is 0.143. The van der Waals surface area contributed by atoms with Crippen molar-refractivity contribution in [3.8, 4) is 12.3 Å². The largest absolute Gasteiger partial charge is 0.387 e.